The molecule has 0 aliphatic rings. The van der Waals surface area contributed by atoms with Crippen LogP contribution in [0, 0.1) is 5.92 Å². The van der Waals surface area contributed by atoms with E-state index < -0.39 is 18.0 Å². The van der Waals surface area contributed by atoms with Crippen molar-refractivity contribution in [3.05, 3.63) is 0 Å². The molecule has 2 N–H and O–H groups in total. The van der Waals surface area contributed by atoms with Crippen LogP contribution in [-0.4, -0.2) is 22.3 Å². The van der Waals surface area contributed by atoms with Crippen molar-refractivity contribution in [3.8, 4) is 0 Å². The highest BCUT2D eigenvalue weighted by Gasteiger charge is 2.20. The second kappa shape index (κ2) is 15.3. The van der Waals surface area contributed by atoms with Gasteiger partial charge in [0.1, 0.15) is 0 Å². The molecule has 0 rings (SSSR count). The fourth-order valence-corrected chi connectivity index (χ4v) is 2.79. The molecule has 3 nitrogen and oxygen atoms in total. The summed E-state index contributed by atoms with van der Waals surface area (Å²) in [5.74, 6) is -1.54. The van der Waals surface area contributed by atoms with E-state index in [1.54, 1.807) is 6.92 Å². The number of carboxylic acid groups (broad SMARTS) is 1. The normalized spacial score (nSPS) is 14.0. The molecule has 0 unspecified atom stereocenters. The molecule has 22 heavy (non-hydrogen) atoms. The fraction of sp³-hybridized carbons (Fsp3) is 0.947. The van der Waals surface area contributed by atoms with Crippen LogP contribution in [0.25, 0.3) is 0 Å². The Kier molecular flexibility index (Phi) is 14.9. The predicted octanol–water partition coefficient (Wildman–Crippen LogP) is 5.55. The molecule has 0 amide bonds. The van der Waals surface area contributed by atoms with Crippen LogP contribution in [0.1, 0.15) is 104 Å². The van der Waals surface area contributed by atoms with E-state index in [4.69, 9.17) is 5.11 Å². The molecule has 0 saturated carbocycles. The summed E-state index contributed by atoms with van der Waals surface area (Å²) >= 11 is 0. The molecule has 0 aromatic heterocycles. The SMILES string of the molecule is CCCCCCCCCCCCCCC[C@@H](O)[C@@H](C)C(=O)O. The number of aliphatic carboxylic acids is 1. The smallest absolute Gasteiger partial charge is 0.308 e. The van der Waals surface area contributed by atoms with E-state index in [-0.39, 0.29) is 0 Å². The van der Waals surface area contributed by atoms with Gasteiger partial charge in [-0.05, 0) is 13.3 Å². The molecule has 0 aromatic carbocycles. The fourth-order valence-electron chi connectivity index (χ4n) is 2.79. The van der Waals surface area contributed by atoms with Crippen LogP contribution >= 0.6 is 0 Å². The maximum absolute atomic E-state index is 10.7. The number of aliphatic hydroxyl groups is 1. The lowest BCUT2D eigenvalue weighted by atomic mass is 9.98. The number of carboxylic acids is 1. The molecule has 2 atom stereocenters. The van der Waals surface area contributed by atoms with Crippen molar-refractivity contribution >= 4 is 5.97 Å². The first kappa shape index (κ1) is 21.4. The summed E-state index contributed by atoms with van der Waals surface area (Å²) in [5, 5.41) is 18.5. The number of aliphatic hydroxyl groups excluding tert-OH is 1. The van der Waals surface area contributed by atoms with Gasteiger partial charge in [0.05, 0.1) is 12.0 Å². The van der Waals surface area contributed by atoms with E-state index in [1.165, 1.54) is 70.6 Å². The average molecular weight is 315 g/mol. The Labute approximate surface area is 137 Å². The summed E-state index contributed by atoms with van der Waals surface area (Å²) in [6.45, 7) is 3.84. The van der Waals surface area contributed by atoms with Crippen LogP contribution in [0.5, 0.6) is 0 Å². The number of hydrogen-bond donors (Lipinski definition) is 2. The second-order valence-corrected chi connectivity index (χ2v) is 6.73. The van der Waals surface area contributed by atoms with Crippen molar-refractivity contribution in [2.45, 2.75) is 110 Å². The monoisotopic (exact) mass is 314 g/mol. The minimum atomic E-state index is -0.901. The van der Waals surface area contributed by atoms with Gasteiger partial charge in [-0.2, -0.15) is 0 Å². The summed E-state index contributed by atoms with van der Waals surface area (Å²) in [6.07, 6.45) is 16.8. The third kappa shape index (κ3) is 13.1. The highest BCUT2D eigenvalue weighted by atomic mass is 16.4. The van der Waals surface area contributed by atoms with E-state index in [2.05, 4.69) is 6.92 Å². The number of hydrogen-bond acceptors (Lipinski definition) is 2. The summed E-state index contributed by atoms with van der Waals surface area (Å²) in [5.41, 5.74) is 0. The molecule has 0 radical (unpaired) electrons. The Morgan fingerprint density at radius 3 is 1.50 bits per heavy atom. The zero-order chi connectivity index (χ0) is 16.6. The highest BCUT2D eigenvalue weighted by Crippen LogP contribution is 2.15. The molecule has 132 valence electrons. The van der Waals surface area contributed by atoms with E-state index in [1.807, 2.05) is 0 Å². The first-order valence-corrected chi connectivity index (χ1v) is 9.50. The van der Waals surface area contributed by atoms with Crippen LogP contribution < -0.4 is 0 Å². The van der Waals surface area contributed by atoms with Crippen LogP contribution in [0.3, 0.4) is 0 Å². The van der Waals surface area contributed by atoms with Crippen LogP contribution in [-0.2, 0) is 4.79 Å². The van der Waals surface area contributed by atoms with Gasteiger partial charge in [0, 0.05) is 0 Å². The summed E-state index contributed by atoms with van der Waals surface area (Å²) in [7, 11) is 0. The topological polar surface area (TPSA) is 57.5 Å². The lowest BCUT2D eigenvalue weighted by molar-refractivity contribution is -0.144. The molecule has 0 bridgehead atoms. The summed E-state index contributed by atoms with van der Waals surface area (Å²) in [6, 6.07) is 0. The maximum Gasteiger partial charge on any atom is 0.308 e. The van der Waals surface area contributed by atoms with Gasteiger partial charge in [-0.3, -0.25) is 4.79 Å². The third-order valence-corrected chi connectivity index (χ3v) is 4.57. The van der Waals surface area contributed by atoms with E-state index >= 15 is 0 Å². The Morgan fingerprint density at radius 2 is 1.14 bits per heavy atom. The van der Waals surface area contributed by atoms with Gasteiger partial charge in [-0.15, -0.1) is 0 Å². The van der Waals surface area contributed by atoms with Gasteiger partial charge >= 0.3 is 5.97 Å². The Hall–Kier alpha value is -0.570. The maximum atomic E-state index is 10.7. The molecule has 0 saturated heterocycles. The molecule has 0 aliphatic heterocycles. The summed E-state index contributed by atoms with van der Waals surface area (Å²) in [4.78, 5) is 10.7. The zero-order valence-electron chi connectivity index (χ0n) is 14.9. The van der Waals surface area contributed by atoms with Crippen molar-refractivity contribution in [2.24, 2.45) is 5.92 Å². The molecule has 0 fully saturated rings. The van der Waals surface area contributed by atoms with Crippen LogP contribution in [0.15, 0.2) is 0 Å². The summed E-state index contributed by atoms with van der Waals surface area (Å²) < 4.78 is 0. The average Bonchev–Trinajstić information content (AvgIpc) is 2.50. The van der Waals surface area contributed by atoms with Crippen molar-refractivity contribution in [2.75, 3.05) is 0 Å². The molecule has 0 aromatic rings. The van der Waals surface area contributed by atoms with Crippen molar-refractivity contribution in [1.29, 1.82) is 0 Å². The first-order valence-electron chi connectivity index (χ1n) is 9.50. The highest BCUT2D eigenvalue weighted by molar-refractivity contribution is 5.70. The van der Waals surface area contributed by atoms with Gasteiger partial charge in [-0.1, -0.05) is 90.4 Å². The lowest BCUT2D eigenvalue weighted by Gasteiger charge is -2.14. The Morgan fingerprint density at radius 1 is 0.773 bits per heavy atom. The first-order chi connectivity index (χ1) is 10.6. The van der Waals surface area contributed by atoms with Crippen molar-refractivity contribution in [1.82, 2.24) is 0 Å². The second-order valence-electron chi connectivity index (χ2n) is 6.73. The van der Waals surface area contributed by atoms with Crippen molar-refractivity contribution < 1.29 is 15.0 Å². The molecule has 0 aliphatic carbocycles. The number of unbranched alkanes of at least 4 members (excludes halogenated alkanes) is 12. The molecular weight excluding hydrogens is 276 g/mol. The number of carbonyl (C=O) groups is 1. The number of rotatable bonds is 16. The van der Waals surface area contributed by atoms with E-state index in [9.17, 15) is 9.90 Å². The third-order valence-electron chi connectivity index (χ3n) is 4.57. The molecule has 0 spiro atoms. The van der Waals surface area contributed by atoms with Gasteiger partial charge in [-0.25, -0.2) is 0 Å². The van der Waals surface area contributed by atoms with E-state index in [0.717, 1.165) is 12.8 Å². The van der Waals surface area contributed by atoms with Gasteiger partial charge in [0.25, 0.3) is 0 Å². The van der Waals surface area contributed by atoms with E-state index in [0.29, 0.717) is 6.42 Å². The Bertz CT molecular complexity index is 253. The van der Waals surface area contributed by atoms with Crippen LogP contribution in [0.4, 0.5) is 0 Å². The Balaban J connectivity index is 3.19. The van der Waals surface area contributed by atoms with Gasteiger partial charge < -0.3 is 10.2 Å². The van der Waals surface area contributed by atoms with Gasteiger partial charge in [0.15, 0.2) is 0 Å². The van der Waals surface area contributed by atoms with Gasteiger partial charge in [0.2, 0.25) is 0 Å². The lowest BCUT2D eigenvalue weighted by Crippen LogP contribution is -2.25. The van der Waals surface area contributed by atoms with Crippen molar-refractivity contribution in [3.63, 3.8) is 0 Å². The molecular formula is C19H38O3. The van der Waals surface area contributed by atoms with Crippen LogP contribution in [0.2, 0.25) is 0 Å². The minimum Gasteiger partial charge on any atom is -0.481 e. The predicted molar refractivity (Wildman–Crippen MR) is 93.1 cm³/mol. The molecule has 0 heterocycles. The minimum absolute atomic E-state index is 0.616. The quantitative estimate of drug-likeness (QED) is 0.367. The standard InChI is InChI=1S/C19H38O3/c1-3-4-5-6-7-8-9-10-11-12-13-14-15-16-18(20)17(2)19(21)22/h17-18,20H,3-16H2,1-2H3,(H,21,22)/t17-,18-/m1/s1. The zero-order valence-corrected chi connectivity index (χ0v) is 14.9. The largest absolute Gasteiger partial charge is 0.481 e. The molecule has 3 heteroatoms.